The van der Waals surface area contributed by atoms with Gasteiger partial charge in [-0.2, -0.15) is 0 Å². The number of rotatable bonds is 3. The largest absolute Gasteiger partial charge is 0.302 e. The lowest BCUT2D eigenvalue weighted by Crippen LogP contribution is -2.60. The van der Waals surface area contributed by atoms with Crippen molar-refractivity contribution in [3.8, 4) is 0 Å². The van der Waals surface area contributed by atoms with Gasteiger partial charge in [-0.05, 0) is 52.6 Å². The van der Waals surface area contributed by atoms with E-state index in [9.17, 15) is 0 Å². The average molecular weight is 199 g/mol. The first-order chi connectivity index (χ1) is 6.53. The standard InChI is InChI=1S/C11H25N3/c1-9-5-7-11(8-6-9,14(3)4)10(2)13-12/h9-10,13H,5-8,12H2,1-4H3. The molecular weight excluding hydrogens is 174 g/mol. The first-order valence-corrected chi connectivity index (χ1v) is 5.66. The number of likely N-dealkylation sites (N-methyl/N-ethyl adjacent to an activating group) is 1. The minimum atomic E-state index is 0.265. The minimum Gasteiger partial charge on any atom is -0.302 e. The number of hydrazine groups is 1. The third kappa shape index (κ3) is 2.10. The Kier molecular flexibility index (Phi) is 3.93. The van der Waals surface area contributed by atoms with Crippen molar-refractivity contribution >= 4 is 0 Å². The van der Waals surface area contributed by atoms with E-state index in [0.29, 0.717) is 6.04 Å². The van der Waals surface area contributed by atoms with Gasteiger partial charge in [0, 0.05) is 11.6 Å². The molecule has 0 aliphatic heterocycles. The fraction of sp³-hybridized carbons (Fsp3) is 1.00. The smallest absolute Gasteiger partial charge is 0.0367 e. The number of hydrogen-bond acceptors (Lipinski definition) is 3. The van der Waals surface area contributed by atoms with Crippen LogP contribution in [0.4, 0.5) is 0 Å². The molecule has 1 aliphatic rings. The van der Waals surface area contributed by atoms with Crippen LogP contribution in [0.15, 0.2) is 0 Å². The molecule has 14 heavy (non-hydrogen) atoms. The molecule has 0 spiro atoms. The normalized spacial score (nSPS) is 36.0. The Morgan fingerprint density at radius 3 is 2.21 bits per heavy atom. The first-order valence-electron chi connectivity index (χ1n) is 5.66. The fourth-order valence-electron chi connectivity index (χ4n) is 2.68. The molecule has 0 aromatic carbocycles. The maximum atomic E-state index is 5.58. The maximum absolute atomic E-state index is 5.58. The molecule has 1 unspecified atom stereocenters. The predicted octanol–water partition coefficient (Wildman–Crippen LogP) is 1.35. The molecule has 1 aliphatic carbocycles. The van der Waals surface area contributed by atoms with E-state index >= 15 is 0 Å². The number of nitrogens with one attached hydrogen (secondary N) is 1. The number of nitrogens with zero attached hydrogens (tertiary/aromatic N) is 1. The highest BCUT2D eigenvalue weighted by molar-refractivity contribution is 4.98. The molecule has 0 aromatic heterocycles. The van der Waals surface area contributed by atoms with Crippen molar-refractivity contribution in [1.82, 2.24) is 10.3 Å². The molecule has 3 nitrogen and oxygen atoms in total. The molecule has 0 amide bonds. The van der Waals surface area contributed by atoms with E-state index in [1.54, 1.807) is 0 Å². The van der Waals surface area contributed by atoms with Crippen LogP contribution in [-0.4, -0.2) is 30.6 Å². The van der Waals surface area contributed by atoms with Crippen molar-refractivity contribution in [2.75, 3.05) is 14.1 Å². The molecular formula is C11H25N3. The van der Waals surface area contributed by atoms with Gasteiger partial charge in [0.25, 0.3) is 0 Å². The Bertz CT molecular complexity index is 171. The molecule has 0 radical (unpaired) electrons. The van der Waals surface area contributed by atoms with Gasteiger partial charge in [0.1, 0.15) is 0 Å². The van der Waals surface area contributed by atoms with Crippen LogP contribution in [0.2, 0.25) is 0 Å². The highest BCUT2D eigenvalue weighted by Crippen LogP contribution is 2.37. The molecule has 3 N–H and O–H groups in total. The highest BCUT2D eigenvalue weighted by Gasteiger charge is 2.40. The first kappa shape index (κ1) is 12.0. The van der Waals surface area contributed by atoms with Gasteiger partial charge < -0.3 is 4.90 Å². The monoisotopic (exact) mass is 199 g/mol. The second kappa shape index (κ2) is 4.60. The molecule has 1 rings (SSSR count). The topological polar surface area (TPSA) is 41.3 Å². The van der Waals surface area contributed by atoms with E-state index in [4.69, 9.17) is 5.84 Å². The van der Waals surface area contributed by atoms with E-state index in [-0.39, 0.29) is 5.54 Å². The lowest BCUT2D eigenvalue weighted by molar-refractivity contribution is 0.0497. The summed E-state index contributed by atoms with van der Waals surface area (Å²) in [6, 6.07) is 0.366. The van der Waals surface area contributed by atoms with Crippen LogP contribution in [0.25, 0.3) is 0 Å². The van der Waals surface area contributed by atoms with Crippen molar-refractivity contribution < 1.29 is 0 Å². The van der Waals surface area contributed by atoms with Gasteiger partial charge in [-0.3, -0.25) is 11.3 Å². The van der Waals surface area contributed by atoms with Gasteiger partial charge in [0.15, 0.2) is 0 Å². The summed E-state index contributed by atoms with van der Waals surface area (Å²) in [6.45, 7) is 4.54. The summed E-state index contributed by atoms with van der Waals surface area (Å²) < 4.78 is 0. The van der Waals surface area contributed by atoms with Gasteiger partial charge in [0.05, 0.1) is 0 Å². The third-order valence-electron chi connectivity index (χ3n) is 4.09. The maximum Gasteiger partial charge on any atom is 0.0367 e. The lowest BCUT2D eigenvalue weighted by atomic mass is 9.72. The van der Waals surface area contributed by atoms with Crippen LogP contribution < -0.4 is 11.3 Å². The van der Waals surface area contributed by atoms with Crippen LogP contribution in [-0.2, 0) is 0 Å². The molecule has 3 heteroatoms. The summed E-state index contributed by atoms with van der Waals surface area (Å²) in [6.07, 6.45) is 5.16. The van der Waals surface area contributed by atoms with Crippen molar-refractivity contribution in [1.29, 1.82) is 0 Å². The summed E-state index contributed by atoms with van der Waals surface area (Å²) in [5.41, 5.74) is 3.20. The van der Waals surface area contributed by atoms with Crippen molar-refractivity contribution in [2.24, 2.45) is 11.8 Å². The van der Waals surface area contributed by atoms with Gasteiger partial charge >= 0.3 is 0 Å². The van der Waals surface area contributed by atoms with Crippen molar-refractivity contribution in [3.63, 3.8) is 0 Å². The number of hydrogen-bond donors (Lipinski definition) is 2. The van der Waals surface area contributed by atoms with Crippen LogP contribution >= 0.6 is 0 Å². The molecule has 0 heterocycles. The van der Waals surface area contributed by atoms with Gasteiger partial charge in [-0.25, -0.2) is 0 Å². The zero-order valence-electron chi connectivity index (χ0n) is 10.0. The fourth-order valence-corrected chi connectivity index (χ4v) is 2.68. The van der Waals surface area contributed by atoms with E-state index in [2.05, 4.69) is 38.3 Å². The quantitative estimate of drug-likeness (QED) is 0.532. The second-order valence-corrected chi connectivity index (χ2v) is 5.07. The zero-order valence-corrected chi connectivity index (χ0v) is 10.0. The van der Waals surface area contributed by atoms with Gasteiger partial charge in [0.2, 0.25) is 0 Å². The van der Waals surface area contributed by atoms with Crippen molar-refractivity contribution in [3.05, 3.63) is 0 Å². The summed E-state index contributed by atoms with van der Waals surface area (Å²) in [5.74, 6) is 6.47. The summed E-state index contributed by atoms with van der Waals surface area (Å²) in [5, 5.41) is 0. The molecule has 0 saturated heterocycles. The Balaban J connectivity index is 2.73. The zero-order chi connectivity index (χ0) is 10.8. The predicted molar refractivity (Wildman–Crippen MR) is 60.8 cm³/mol. The molecule has 84 valence electrons. The van der Waals surface area contributed by atoms with Crippen LogP contribution in [0.5, 0.6) is 0 Å². The second-order valence-electron chi connectivity index (χ2n) is 5.07. The van der Waals surface area contributed by atoms with E-state index in [1.165, 1.54) is 25.7 Å². The van der Waals surface area contributed by atoms with Crippen LogP contribution in [0, 0.1) is 5.92 Å². The summed E-state index contributed by atoms with van der Waals surface area (Å²) in [7, 11) is 4.34. The van der Waals surface area contributed by atoms with Crippen molar-refractivity contribution in [2.45, 2.75) is 51.1 Å². The van der Waals surface area contributed by atoms with Gasteiger partial charge in [-0.1, -0.05) is 6.92 Å². The van der Waals surface area contributed by atoms with E-state index in [0.717, 1.165) is 5.92 Å². The van der Waals surface area contributed by atoms with E-state index < -0.39 is 0 Å². The highest BCUT2D eigenvalue weighted by atomic mass is 15.3. The lowest BCUT2D eigenvalue weighted by Gasteiger charge is -2.48. The Morgan fingerprint density at radius 2 is 1.86 bits per heavy atom. The Hall–Kier alpha value is -0.120. The SMILES string of the molecule is CC1CCC(C(C)NN)(N(C)C)CC1. The molecule has 0 bridgehead atoms. The molecule has 1 saturated carbocycles. The Morgan fingerprint density at radius 1 is 1.36 bits per heavy atom. The number of nitrogens with two attached hydrogens (primary N) is 1. The molecule has 1 atom stereocenters. The third-order valence-corrected chi connectivity index (χ3v) is 4.09. The molecule has 0 aromatic rings. The van der Waals surface area contributed by atoms with E-state index in [1.807, 2.05) is 0 Å². The van der Waals surface area contributed by atoms with Gasteiger partial charge in [-0.15, -0.1) is 0 Å². The average Bonchev–Trinajstić information content (AvgIpc) is 2.18. The summed E-state index contributed by atoms with van der Waals surface area (Å²) >= 11 is 0. The molecule has 1 fully saturated rings. The van der Waals surface area contributed by atoms with Crippen LogP contribution in [0.3, 0.4) is 0 Å². The minimum absolute atomic E-state index is 0.265. The van der Waals surface area contributed by atoms with Crippen LogP contribution in [0.1, 0.15) is 39.5 Å². The Labute approximate surface area is 88.0 Å². The summed E-state index contributed by atoms with van der Waals surface area (Å²) in [4.78, 5) is 2.35.